The Morgan fingerprint density at radius 1 is 1.44 bits per heavy atom. The van der Waals surface area contributed by atoms with Crippen molar-refractivity contribution in [1.29, 1.82) is 0 Å². The van der Waals surface area contributed by atoms with Crippen molar-refractivity contribution >= 4 is 5.97 Å². The maximum Gasteiger partial charge on any atom is 0.334 e. The molecule has 0 spiro atoms. The van der Waals surface area contributed by atoms with Gasteiger partial charge in [-0.05, 0) is 18.6 Å². The summed E-state index contributed by atoms with van der Waals surface area (Å²) >= 11 is 0. The van der Waals surface area contributed by atoms with Crippen LogP contribution in [0.4, 0.5) is 0 Å². The predicted molar refractivity (Wildman–Crippen MR) is 69.2 cm³/mol. The minimum atomic E-state index is -0.446. The number of hydrogen-bond donors (Lipinski definition) is 0. The molecule has 0 saturated heterocycles. The van der Waals surface area contributed by atoms with Crippen molar-refractivity contribution in [3.8, 4) is 0 Å². The Bertz CT molecular complexity index is 340. The molecule has 1 unspecified atom stereocenters. The van der Waals surface area contributed by atoms with E-state index < -0.39 is 6.10 Å². The first-order chi connectivity index (χ1) is 8.77. The van der Waals surface area contributed by atoms with E-state index >= 15 is 0 Å². The molecular weight excluding hydrogens is 230 g/mol. The molecule has 1 rings (SSSR count). The van der Waals surface area contributed by atoms with Crippen molar-refractivity contribution in [1.82, 2.24) is 4.98 Å². The normalized spacial score (nSPS) is 12.1. The van der Waals surface area contributed by atoms with Gasteiger partial charge in [-0.2, -0.15) is 0 Å². The third-order valence-electron chi connectivity index (χ3n) is 2.69. The first-order valence-corrected chi connectivity index (χ1v) is 6.37. The third-order valence-corrected chi connectivity index (χ3v) is 2.69. The molecule has 1 heterocycles. The Labute approximate surface area is 108 Å². The first kappa shape index (κ1) is 14.6. The minimum absolute atomic E-state index is 0.288. The lowest BCUT2D eigenvalue weighted by atomic mass is 10.1. The van der Waals surface area contributed by atoms with Crippen LogP contribution in [0.1, 0.15) is 31.9 Å². The zero-order valence-electron chi connectivity index (χ0n) is 11.1. The molecule has 0 fully saturated rings. The second-order valence-electron chi connectivity index (χ2n) is 4.10. The number of pyridine rings is 1. The van der Waals surface area contributed by atoms with Gasteiger partial charge in [-0.3, -0.25) is 4.98 Å². The Morgan fingerprint density at radius 3 is 2.89 bits per heavy atom. The molecule has 0 radical (unpaired) electrons. The van der Waals surface area contributed by atoms with E-state index in [0.29, 0.717) is 19.4 Å². The molecule has 0 aliphatic carbocycles. The molecule has 1 aromatic heterocycles. The third kappa shape index (κ3) is 5.27. The van der Waals surface area contributed by atoms with Crippen molar-refractivity contribution in [2.45, 2.75) is 38.7 Å². The monoisotopic (exact) mass is 251 g/mol. The van der Waals surface area contributed by atoms with Crippen LogP contribution in [0.5, 0.6) is 0 Å². The molecule has 0 aromatic carbocycles. The number of methoxy groups -OCH3 is 1. The van der Waals surface area contributed by atoms with Crippen molar-refractivity contribution < 1.29 is 14.3 Å². The molecule has 0 saturated carbocycles. The summed E-state index contributed by atoms with van der Waals surface area (Å²) in [5, 5.41) is 0. The predicted octanol–water partition coefficient (Wildman–Crippen LogP) is 2.37. The molecule has 0 amide bonds. The summed E-state index contributed by atoms with van der Waals surface area (Å²) in [6, 6.07) is 5.77. The first-order valence-electron chi connectivity index (χ1n) is 6.37. The van der Waals surface area contributed by atoms with Gasteiger partial charge in [0.25, 0.3) is 0 Å². The van der Waals surface area contributed by atoms with Crippen molar-refractivity contribution in [3.05, 3.63) is 30.1 Å². The standard InChI is InChI=1S/C14H21NO3/c1-3-4-8-13(14(16)17-2)18-11-9-12-7-5-6-10-15-12/h5-7,10,13H,3-4,8-9,11H2,1-2H3. The highest BCUT2D eigenvalue weighted by Crippen LogP contribution is 2.07. The SMILES string of the molecule is CCCCC(OCCc1ccccn1)C(=O)OC. The van der Waals surface area contributed by atoms with Gasteiger partial charge in [0.2, 0.25) is 0 Å². The average molecular weight is 251 g/mol. The average Bonchev–Trinajstić information content (AvgIpc) is 2.43. The zero-order valence-corrected chi connectivity index (χ0v) is 11.1. The van der Waals surface area contributed by atoms with Crippen LogP contribution in [0.3, 0.4) is 0 Å². The summed E-state index contributed by atoms with van der Waals surface area (Å²) in [5.74, 6) is -0.288. The molecule has 4 nitrogen and oxygen atoms in total. The number of unbranched alkanes of at least 4 members (excludes halogenated alkanes) is 1. The highest BCUT2D eigenvalue weighted by atomic mass is 16.6. The number of carbonyl (C=O) groups excluding carboxylic acids is 1. The molecule has 4 heteroatoms. The van der Waals surface area contributed by atoms with Crippen LogP contribution >= 0.6 is 0 Å². The van der Waals surface area contributed by atoms with E-state index in [2.05, 4.69) is 11.9 Å². The van der Waals surface area contributed by atoms with E-state index in [1.54, 1.807) is 6.20 Å². The molecule has 0 aliphatic heterocycles. The number of esters is 1. The van der Waals surface area contributed by atoms with Crippen LogP contribution in [-0.4, -0.2) is 30.8 Å². The van der Waals surface area contributed by atoms with Gasteiger partial charge in [0.1, 0.15) is 0 Å². The molecule has 100 valence electrons. The second-order valence-corrected chi connectivity index (χ2v) is 4.10. The number of nitrogens with zero attached hydrogens (tertiary/aromatic N) is 1. The van der Waals surface area contributed by atoms with Gasteiger partial charge in [0, 0.05) is 18.3 Å². The quantitative estimate of drug-likeness (QED) is 0.665. The van der Waals surface area contributed by atoms with Gasteiger partial charge in [-0.15, -0.1) is 0 Å². The molecule has 18 heavy (non-hydrogen) atoms. The van der Waals surface area contributed by atoms with Gasteiger partial charge in [-0.1, -0.05) is 25.8 Å². The smallest absolute Gasteiger partial charge is 0.334 e. The highest BCUT2D eigenvalue weighted by molar-refractivity contribution is 5.74. The fourth-order valence-electron chi connectivity index (χ4n) is 1.64. The van der Waals surface area contributed by atoms with Crippen LogP contribution in [0.25, 0.3) is 0 Å². The van der Waals surface area contributed by atoms with Crippen molar-refractivity contribution in [2.75, 3.05) is 13.7 Å². The van der Waals surface area contributed by atoms with E-state index in [0.717, 1.165) is 18.5 Å². The highest BCUT2D eigenvalue weighted by Gasteiger charge is 2.18. The molecule has 0 aliphatic rings. The van der Waals surface area contributed by atoms with E-state index in [9.17, 15) is 4.79 Å². The Hall–Kier alpha value is -1.42. The van der Waals surface area contributed by atoms with E-state index in [1.165, 1.54) is 7.11 Å². The van der Waals surface area contributed by atoms with Gasteiger partial charge >= 0.3 is 5.97 Å². The molecular formula is C14H21NO3. The van der Waals surface area contributed by atoms with Crippen LogP contribution in [-0.2, 0) is 20.7 Å². The molecule has 0 bridgehead atoms. The maximum atomic E-state index is 11.5. The minimum Gasteiger partial charge on any atom is -0.467 e. The summed E-state index contributed by atoms with van der Waals surface area (Å²) in [6.45, 7) is 2.57. The van der Waals surface area contributed by atoms with Crippen LogP contribution in [0.2, 0.25) is 0 Å². The van der Waals surface area contributed by atoms with Gasteiger partial charge < -0.3 is 9.47 Å². The number of hydrogen-bond acceptors (Lipinski definition) is 4. The second kappa shape index (κ2) is 8.64. The number of ether oxygens (including phenoxy) is 2. The van der Waals surface area contributed by atoms with Gasteiger partial charge in [-0.25, -0.2) is 4.79 Å². The summed E-state index contributed by atoms with van der Waals surface area (Å²) in [5.41, 5.74) is 0.969. The number of carbonyl (C=O) groups is 1. The summed E-state index contributed by atoms with van der Waals surface area (Å²) < 4.78 is 10.3. The van der Waals surface area contributed by atoms with E-state index in [1.807, 2.05) is 18.2 Å². The lowest BCUT2D eigenvalue weighted by Crippen LogP contribution is -2.26. The van der Waals surface area contributed by atoms with Crippen LogP contribution < -0.4 is 0 Å². The number of rotatable bonds is 8. The Kier molecular flexibility index (Phi) is 7.03. The molecule has 0 N–H and O–H groups in total. The summed E-state index contributed by atoms with van der Waals surface area (Å²) in [4.78, 5) is 15.7. The van der Waals surface area contributed by atoms with Gasteiger partial charge in [0.05, 0.1) is 13.7 Å². The fourth-order valence-corrected chi connectivity index (χ4v) is 1.64. The lowest BCUT2D eigenvalue weighted by Gasteiger charge is -2.15. The lowest BCUT2D eigenvalue weighted by molar-refractivity contribution is -0.154. The fraction of sp³-hybridized carbons (Fsp3) is 0.571. The maximum absolute atomic E-state index is 11.5. The zero-order chi connectivity index (χ0) is 13.2. The summed E-state index contributed by atoms with van der Waals surface area (Å²) in [6.07, 6.45) is 4.73. The largest absolute Gasteiger partial charge is 0.467 e. The Balaban J connectivity index is 2.35. The molecule has 1 aromatic rings. The van der Waals surface area contributed by atoms with Gasteiger partial charge in [0.15, 0.2) is 6.10 Å². The topological polar surface area (TPSA) is 48.4 Å². The molecule has 1 atom stereocenters. The van der Waals surface area contributed by atoms with Crippen molar-refractivity contribution in [3.63, 3.8) is 0 Å². The van der Waals surface area contributed by atoms with Crippen LogP contribution in [0.15, 0.2) is 24.4 Å². The van der Waals surface area contributed by atoms with Crippen LogP contribution in [0, 0.1) is 0 Å². The Morgan fingerprint density at radius 2 is 2.28 bits per heavy atom. The number of aromatic nitrogens is 1. The summed E-state index contributed by atoms with van der Waals surface area (Å²) in [7, 11) is 1.39. The van der Waals surface area contributed by atoms with E-state index in [-0.39, 0.29) is 5.97 Å². The van der Waals surface area contributed by atoms with Crippen molar-refractivity contribution in [2.24, 2.45) is 0 Å². The van der Waals surface area contributed by atoms with E-state index in [4.69, 9.17) is 9.47 Å².